The van der Waals surface area contributed by atoms with Gasteiger partial charge >= 0.3 is 0 Å². The quantitative estimate of drug-likeness (QED) is 0.607. The Kier molecular flexibility index (Phi) is 6.38. The summed E-state index contributed by atoms with van der Waals surface area (Å²) in [7, 11) is -3.40. The van der Waals surface area contributed by atoms with Crippen LogP contribution in [-0.4, -0.2) is 96.5 Å². The van der Waals surface area contributed by atoms with Gasteiger partial charge in [0.15, 0.2) is 0 Å². The molecule has 4 rings (SSSR count). The van der Waals surface area contributed by atoms with Gasteiger partial charge in [-0.2, -0.15) is 33.9 Å². The lowest BCUT2D eigenvalue weighted by Crippen LogP contribution is -2.55. The van der Waals surface area contributed by atoms with E-state index >= 15 is 0 Å². The van der Waals surface area contributed by atoms with Crippen LogP contribution < -0.4 is 5.56 Å². The van der Waals surface area contributed by atoms with Crippen molar-refractivity contribution in [2.24, 2.45) is 0 Å². The van der Waals surface area contributed by atoms with Crippen LogP contribution in [0.1, 0.15) is 11.3 Å². The number of aryl methyl sites for hydroxylation is 1. The van der Waals surface area contributed by atoms with Gasteiger partial charge in [0.25, 0.3) is 15.8 Å². The number of rotatable bonds is 5. The third-order valence-corrected chi connectivity index (χ3v) is 8.53. The van der Waals surface area contributed by atoms with E-state index in [1.54, 1.807) is 15.1 Å². The summed E-state index contributed by atoms with van der Waals surface area (Å²) in [5.74, 6) is 1.93. The maximum absolute atomic E-state index is 12.7. The van der Waals surface area contributed by atoms with Crippen LogP contribution in [0.25, 0.3) is 0 Å². The summed E-state index contributed by atoms with van der Waals surface area (Å²) in [5.41, 5.74) is 2.06. The number of hydrogen-bond acceptors (Lipinski definition) is 7. The van der Waals surface area contributed by atoms with E-state index in [-0.39, 0.29) is 5.56 Å². The van der Waals surface area contributed by atoms with Crippen molar-refractivity contribution in [1.29, 1.82) is 0 Å². The summed E-state index contributed by atoms with van der Waals surface area (Å²) in [4.78, 5) is 14.5. The van der Waals surface area contributed by atoms with E-state index in [4.69, 9.17) is 4.74 Å². The van der Waals surface area contributed by atoms with Crippen LogP contribution >= 0.6 is 11.8 Å². The molecule has 4 heterocycles. The first kappa shape index (κ1) is 20.3. The molecule has 11 heteroatoms. The van der Waals surface area contributed by atoms with Crippen molar-refractivity contribution in [1.82, 2.24) is 23.3 Å². The largest absolute Gasteiger partial charge is 0.379 e. The Morgan fingerprint density at radius 1 is 1.04 bits per heavy atom. The molecule has 0 aromatic carbocycles. The summed E-state index contributed by atoms with van der Waals surface area (Å²) >= 11 is 1.84. The Labute approximate surface area is 169 Å². The van der Waals surface area contributed by atoms with Gasteiger partial charge in [0.05, 0.1) is 25.5 Å². The molecule has 1 aromatic rings. The molecule has 0 radical (unpaired) electrons. The zero-order chi connectivity index (χ0) is 19.6. The average Bonchev–Trinajstić information content (AvgIpc) is 2.73. The standard InChI is InChI=1S/C17H27N5O4S2/c23-17-13-15-14-27-12-1-16(15)18-22(17)7-4-19-2-5-20(6-3-19)28(24,25)21-8-10-26-11-9-21/h13H,1-12,14H2. The molecule has 0 unspecified atom stereocenters. The highest BCUT2D eigenvalue weighted by Crippen LogP contribution is 2.21. The molecule has 3 aliphatic rings. The smallest absolute Gasteiger partial charge is 0.282 e. The molecule has 0 bridgehead atoms. The molecule has 0 aliphatic carbocycles. The molecule has 2 fully saturated rings. The third-order valence-electron chi connectivity index (χ3n) is 5.49. The van der Waals surface area contributed by atoms with E-state index in [0.717, 1.165) is 29.2 Å². The highest BCUT2D eigenvalue weighted by molar-refractivity contribution is 7.98. The van der Waals surface area contributed by atoms with Crippen molar-refractivity contribution >= 4 is 22.0 Å². The molecule has 0 atom stereocenters. The van der Waals surface area contributed by atoms with Crippen LogP contribution in [0.3, 0.4) is 0 Å². The van der Waals surface area contributed by atoms with Gasteiger partial charge in [-0.15, -0.1) is 0 Å². The minimum Gasteiger partial charge on any atom is -0.379 e. The van der Waals surface area contributed by atoms with Gasteiger partial charge in [-0.25, -0.2) is 4.68 Å². The van der Waals surface area contributed by atoms with Crippen LogP contribution in [0.2, 0.25) is 0 Å². The Morgan fingerprint density at radius 3 is 2.50 bits per heavy atom. The molecular formula is C17H27N5O4S2. The SMILES string of the molecule is O=c1cc2c(nn1CCN1CCN(S(=O)(=O)N3CCOCC3)CC1)CCSC2. The number of aromatic nitrogens is 2. The van der Waals surface area contributed by atoms with Crippen LogP contribution in [-0.2, 0) is 33.7 Å². The van der Waals surface area contributed by atoms with E-state index < -0.39 is 10.2 Å². The lowest BCUT2D eigenvalue weighted by Gasteiger charge is -2.37. The van der Waals surface area contributed by atoms with E-state index in [1.807, 2.05) is 11.8 Å². The molecule has 0 N–H and O–H groups in total. The van der Waals surface area contributed by atoms with Crippen molar-refractivity contribution < 1.29 is 13.2 Å². The Morgan fingerprint density at radius 2 is 1.75 bits per heavy atom. The van der Waals surface area contributed by atoms with Gasteiger partial charge in [0, 0.05) is 64.1 Å². The van der Waals surface area contributed by atoms with Gasteiger partial charge in [0.2, 0.25) is 0 Å². The topological polar surface area (TPSA) is 88.0 Å². The minimum atomic E-state index is -3.40. The minimum absolute atomic E-state index is 0.0465. The molecule has 0 saturated carbocycles. The second-order valence-corrected chi connectivity index (χ2v) is 10.3. The normalized spacial score (nSPS) is 22.9. The fourth-order valence-corrected chi connectivity index (χ4v) is 6.29. The molecule has 0 amide bonds. The van der Waals surface area contributed by atoms with Gasteiger partial charge in [-0.1, -0.05) is 0 Å². The lowest BCUT2D eigenvalue weighted by molar-refractivity contribution is 0.0684. The van der Waals surface area contributed by atoms with Gasteiger partial charge in [-0.05, 0) is 11.3 Å². The summed E-state index contributed by atoms with van der Waals surface area (Å²) in [6, 6.07) is 1.72. The number of nitrogens with zero attached hydrogens (tertiary/aromatic N) is 5. The highest BCUT2D eigenvalue weighted by Gasteiger charge is 2.33. The fraction of sp³-hybridized carbons (Fsp3) is 0.765. The van der Waals surface area contributed by atoms with Crippen LogP contribution in [0, 0.1) is 0 Å². The zero-order valence-electron chi connectivity index (χ0n) is 16.0. The number of thioether (sulfide) groups is 1. The molecule has 1 aromatic heterocycles. The van der Waals surface area contributed by atoms with Gasteiger partial charge in [0.1, 0.15) is 0 Å². The van der Waals surface area contributed by atoms with Gasteiger partial charge < -0.3 is 4.74 Å². The first-order valence-corrected chi connectivity index (χ1v) is 12.3. The predicted octanol–water partition coefficient (Wildman–Crippen LogP) is -0.773. The zero-order valence-corrected chi connectivity index (χ0v) is 17.6. The predicted molar refractivity (Wildman–Crippen MR) is 108 cm³/mol. The van der Waals surface area contributed by atoms with E-state index in [2.05, 4.69) is 10.00 Å². The van der Waals surface area contributed by atoms with E-state index in [9.17, 15) is 13.2 Å². The summed E-state index contributed by atoms with van der Waals surface area (Å²) in [6.45, 7) is 5.29. The molecular weight excluding hydrogens is 402 g/mol. The maximum Gasteiger partial charge on any atom is 0.282 e. The number of hydrogen-bond donors (Lipinski definition) is 0. The Hall–Kier alpha value is -0.980. The molecule has 9 nitrogen and oxygen atoms in total. The maximum atomic E-state index is 12.7. The molecule has 156 valence electrons. The van der Waals surface area contributed by atoms with Crippen LogP contribution in [0.15, 0.2) is 10.9 Å². The van der Waals surface area contributed by atoms with Gasteiger partial charge in [-0.3, -0.25) is 9.69 Å². The lowest BCUT2D eigenvalue weighted by atomic mass is 10.2. The summed E-state index contributed by atoms with van der Waals surface area (Å²) in [5, 5.41) is 4.55. The van der Waals surface area contributed by atoms with Crippen molar-refractivity contribution in [2.75, 3.05) is 64.8 Å². The van der Waals surface area contributed by atoms with E-state index in [0.29, 0.717) is 65.6 Å². The first-order chi connectivity index (χ1) is 13.5. The molecule has 0 spiro atoms. The molecule has 2 saturated heterocycles. The van der Waals surface area contributed by atoms with Crippen molar-refractivity contribution in [3.63, 3.8) is 0 Å². The fourth-order valence-electron chi connectivity index (χ4n) is 3.77. The second kappa shape index (κ2) is 8.80. The second-order valence-electron chi connectivity index (χ2n) is 7.24. The third kappa shape index (κ3) is 4.44. The van der Waals surface area contributed by atoms with Crippen molar-refractivity contribution in [3.8, 4) is 0 Å². The number of morpholine rings is 1. The Bertz CT molecular complexity index is 846. The average molecular weight is 430 g/mol. The summed E-state index contributed by atoms with van der Waals surface area (Å²) < 4.78 is 35.3. The highest BCUT2D eigenvalue weighted by atomic mass is 32.2. The molecule has 28 heavy (non-hydrogen) atoms. The van der Waals surface area contributed by atoms with Crippen LogP contribution in [0.5, 0.6) is 0 Å². The first-order valence-electron chi connectivity index (χ1n) is 9.77. The monoisotopic (exact) mass is 429 g/mol. The van der Waals surface area contributed by atoms with E-state index in [1.165, 1.54) is 4.31 Å². The number of fused-ring (bicyclic) bond motifs is 1. The van der Waals surface area contributed by atoms with Crippen molar-refractivity contribution in [3.05, 3.63) is 27.7 Å². The number of ether oxygens (including phenoxy) is 1. The van der Waals surface area contributed by atoms with Crippen molar-refractivity contribution in [2.45, 2.75) is 18.7 Å². The molecule has 3 aliphatic heterocycles. The Balaban J connectivity index is 1.31. The number of piperazine rings is 1. The summed E-state index contributed by atoms with van der Waals surface area (Å²) in [6.07, 6.45) is 0.915. The van der Waals surface area contributed by atoms with Crippen LogP contribution in [0.4, 0.5) is 0 Å².